The zero-order chi connectivity index (χ0) is 14.8. The molecule has 2 aromatic heterocycles. The molecule has 0 fully saturated rings. The van der Waals surface area contributed by atoms with E-state index in [4.69, 9.17) is 19.7 Å². The van der Waals surface area contributed by atoms with E-state index in [1.54, 1.807) is 32.4 Å². The maximum absolute atomic E-state index is 5.54. The molecule has 0 saturated carbocycles. The number of rotatable bonds is 4. The molecule has 108 valence electrons. The van der Waals surface area contributed by atoms with Crippen molar-refractivity contribution in [3.8, 4) is 34.5 Å². The van der Waals surface area contributed by atoms with Crippen molar-refractivity contribution < 1.29 is 14.0 Å². The average Bonchev–Trinajstić information content (AvgIpc) is 3.15. The first-order valence-corrected chi connectivity index (χ1v) is 6.08. The number of hydrogen-bond donors (Lipinski definition) is 2. The number of H-pyrrole nitrogens is 1. The van der Waals surface area contributed by atoms with Crippen molar-refractivity contribution in [2.45, 2.75) is 0 Å². The molecule has 8 nitrogen and oxygen atoms in total. The molecule has 0 atom stereocenters. The zero-order valence-electron chi connectivity index (χ0n) is 11.5. The molecule has 3 N–H and O–H groups in total. The minimum atomic E-state index is 0.309. The van der Waals surface area contributed by atoms with Crippen LogP contribution in [0.2, 0.25) is 0 Å². The molecule has 8 heteroatoms. The summed E-state index contributed by atoms with van der Waals surface area (Å²) >= 11 is 0. The van der Waals surface area contributed by atoms with Gasteiger partial charge in [0.15, 0.2) is 11.5 Å². The predicted molar refractivity (Wildman–Crippen MR) is 74.8 cm³/mol. The molecule has 0 aliphatic heterocycles. The molecule has 0 bridgehead atoms. The van der Waals surface area contributed by atoms with E-state index in [0.29, 0.717) is 34.7 Å². The maximum Gasteiger partial charge on any atom is 0.276 e. The summed E-state index contributed by atoms with van der Waals surface area (Å²) in [4.78, 5) is 4.29. The summed E-state index contributed by atoms with van der Waals surface area (Å²) in [5, 5.41) is 10.5. The number of nitrogen functional groups attached to an aromatic ring is 1. The molecule has 21 heavy (non-hydrogen) atoms. The quantitative estimate of drug-likeness (QED) is 0.751. The van der Waals surface area contributed by atoms with Gasteiger partial charge in [0.1, 0.15) is 11.5 Å². The van der Waals surface area contributed by atoms with Gasteiger partial charge in [-0.3, -0.25) is 5.10 Å². The number of anilines is 1. The van der Waals surface area contributed by atoms with Crippen LogP contribution in [0.5, 0.6) is 11.5 Å². The first-order valence-electron chi connectivity index (χ1n) is 6.08. The van der Waals surface area contributed by atoms with Crippen LogP contribution in [0.3, 0.4) is 0 Å². The number of nitrogens with one attached hydrogen (secondary N) is 1. The molecule has 1 aromatic carbocycles. The van der Waals surface area contributed by atoms with Gasteiger partial charge in [0.05, 0.1) is 14.2 Å². The topological polar surface area (TPSA) is 112 Å². The van der Waals surface area contributed by atoms with Crippen LogP contribution in [0.1, 0.15) is 0 Å². The van der Waals surface area contributed by atoms with E-state index >= 15 is 0 Å². The number of hydrogen-bond acceptors (Lipinski definition) is 7. The van der Waals surface area contributed by atoms with Crippen LogP contribution in [-0.4, -0.2) is 34.6 Å². The average molecular weight is 287 g/mol. The third-order valence-electron chi connectivity index (χ3n) is 2.90. The van der Waals surface area contributed by atoms with Crippen LogP contribution in [0, 0.1) is 0 Å². The summed E-state index contributed by atoms with van der Waals surface area (Å²) in [6, 6.07) is 6.98. The molecular weight excluding hydrogens is 274 g/mol. The molecule has 0 saturated heterocycles. The Morgan fingerprint density at radius 2 is 1.95 bits per heavy atom. The predicted octanol–water partition coefficient (Wildman–Crippen LogP) is 1.73. The lowest BCUT2D eigenvalue weighted by molar-refractivity contribution is 0.355. The van der Waals surface area contributed by atoms with Crippen molar-refractivity contribution in [3.63, 3.8) is 0 Å². The van der Waals surface area contributed by atoms with Gasteiger partial charge in [-0.15, -0.1) is 0 Å². The largest absolute Gasteiger partial charge is 0.493 e. The Balaban J connectivity index is 1.96. The van der Waals surface area contributed by atoms with E-state index in [9.17, 15) is 0 Å². The molecule has 0 aliphatic rings. The Bertz CT molecular complexity index is 765. The second-order valence-electron chi connectivity index (χ2n) is 4.20. The van der Waals surface area contributed by atoms with Crippen LogP contribution >= 0.6 is 0 Å². The minimum Gasteiger partial charge on any atom is -0.493 e. The van der Waals surface area contributed by atoms with Crippen LogP contribution < -0.4 is 15.2 Å². The van der Waals surface area contributed by atoms with Gasteiger partial charge in [0, 0.05) is 11.6 Å². The lowest BCUT2D eigenvalue weighted by atomic mass is 10.2. The Morgan fingerprint density at radius 1 is 1.14 bits per heavy atom. The Hall–Kier alpha value is -3.03. The van der Waals surface area contributed by atoms with Crippen LogP contribution in [-0.2, 0) is 0 Å². The molecule has 3 aromatic rings. The third-order valence-corrected chi connectivity index (χ3v) is 2.90. The van der Waals surface area contributed by atoms with Gasteiger partial charge in [-0.1, -0.05) is 5.16 Å². The van der Waals surface area contributed by atoms with E-state index in [1.165, 1.54) is 0 Å². The van der Waals surface area contributed by atoms with E-state index in [-0.39, 0.29) is 0 Å². The smallest absolute Gasteiger partial charge is 0.276 e. The molecule has 0 unspecified atom stereocenters. The molecule has 0 amide bonds. The van der Waals surface area contributed by atoms with Crippen molar-refractivity contribution in [1.82, 2.24) is 20.3 Å². The van der Waals surface area contributed by atoms with E-state index < -0.39 is 0 Å². The first kappa shape index (κ1) is 13.0. The number of aromatic amines is 1. The molecule has 0 spiro atoms. The second kappa shape index (κ2) is 5.16. The summed E-state index contributed by atoms with van der Waals surface area (Å²) in [7, 11) is 3.14. The molecule has 3 rings (SSSR count). The number of nitrogens with zero attached hydrogens (tertiary/aromatic N) is 3. The Kier molecular flexibility index (Phi) is 3.19. The fraction of sp³-hybridized carbons (Fsp3) is 0.154. The normalized spacial score (nSPS) is 10.6. The fourth-order valence-corrected chi connectivity index (χ4v) is 1.87. The monoisotopic (exact) mass is 287 g/mol. The van der Waals surface area contributed by atoms with Crippen molar-refractivity contribution in [2.24, 2.45) is 0 Å². The molecule has 0 radical (unpaired) electrons. The number of methoxy groups -OCH3 is 2. The van der Waals surface area contributed by atoms with Gasteiger partial charge in [-0.05, 0) is 18.2 Å². The van der Waals surface area contributed by atoms with Crippen LogP contribution in [0.25, 0.3) is 23.0 Å². The summed E-state index contributed by atoms with van der Waals surface area (Å²) < 4.78 is 15.6. The maximum atomic E-state index is 5.54. The van der Waals surface area contributed by atoms with Gasteiger partial charge in [0.2, 0.25) is 5.82 Å². The first-order chi connectivity index (χ1) is 10.2. The highest BCUT2D eigenvalue weighted by Gasteiger charge is 2.14. The number of nitrogens with two attached hydrogens (primary N) is 1. The highest BCUT2D eigenvalue weighted by Crippen LogP contribution is 2.31. The SMILES string of the molecule is COc1ccc(-c2noc(-c3cc(N)n[nH]3)n2)cc1OC. The van der Waals surface area contributed by atoms with Crippen LogP contribution in [0.15, 0.2) is 28.8 Å². The lowest BCUT2D eigenvalue weighted by Crippen LogP contribution is -1.91. The lowest BCUT2D eigenvalue weighted by Gasteiger charge is -2.07. The van der Waals surface area contributed by atoms with Gasteiger partial charge >= 0.3 is 0 Å². The number of aromatic nitrogens is 4. The number of ether oxygens (including phenoxy) is 2. The van der Waals surface area contributed by atoms with Crippen molar-refractivity contribution in [1.29, 1.82) is 0 Å². The minimum absolute atomic E-state index is 0.309. The van der Waals surface area contributed by atoms with E-state index in [1.807, 2.05) is 6.07 Å². The second-order valence-corrected chi connectivity index (χ2v) is 4.20. The molecule has 0 aliphatic carbocycles. The molecular formula is C13H13N5O3. The summed E-state index contributed by atoms with van der Waals surface area (Å²) in [5.74, 6) is 2.32. The van der Waals surface area contributed by atoms with E-state index in [0.717, 1.165) is 5.56 Å². The summed E-state index contributed by atoms with van der Waals surface area (Å²) in [6.45, 7) is 0. The Labute approximate surface area is 119 Å². The van der Waals surface area contributed by atoms with Gasteiger partial charge in [-0.25, -0.2) is 0 Å². The molecule has 2 heterocycles. The summed E-state index contributed by atoms with van der Waals surface area (Å²) in [5.41, 5.74) is 6.85. The number of benzene rings is 1. The van der Waals surface area contributed by atoms with Crippen molar-refractivity contribution in [2.75, 3.05) is 20.0 Å². The highest BCUT2D eigenvalue weighted by molar-refractivity contribution is 5.63. The third kappa shape index (κ3) is 2.38. The van der Waals surface area contributed by atoms with E-state index in [2.05, 4.69) is 20.3 Å². The van der Waals surface area contributed by atoms with Gasteiger partial charge in [0.25, 0.3) is 5.89 Å². The van der Waals surface area contributed by atoms with Gasteiger partial charge < -0.3 is 19.7 Å². The zero-order valence-corrected chi connectivity index (χ0v) is 11.5. The Morgan fingerprint density at radius 3 is 2.62 bits per heavy atom. The summed E-state index contributed by atoms with van der Waals surface area (Å²) in [6.07, 6.45) is 0. The van der Waals surface area contributed by atoms with Crippen LogP contribution in [0.4, 0.5) is 5.82 Å². The fourth-order valence-electron chi connectivity index (χ4n) is 1.87. The van der Waals surface area contributed by atoms with Gasteiger partial charge in [-0.2, -0.15) is 10.1 Å². The standard InChI is InChI=1S/C13H13N5O3/c1-19-9-4-3-7(5-10(9)20-2)12-15-13(21-18-12)8-6-11(14)17-16-8/h3-6H,1-2H3,(H3,14,16,17). The van der Waals surface area contributed by atoms with Crippen molar-refractivity contribution >= 4 is 5.82 Å². The highest BCUT2D eigenvalue weighted by atomic mass is 16.5. The van der Waals surface area contributed by atoms with Crippen molar-refractivity contribution in [3.05, 3.63) is 24.3 Å².